The van der Waals surface area contributed by atoms with Gasteiger partial charge in [-0.15, -0.1) is 0 Å². The summed E-state index contributed by atoms with van der Waals surface area (Å²) in [5, 5.41) is 6.21. The Kier molecular flexibility index (Phi) is 8.34. The molecule has 0 saturated carbocycles. The van der Waals surface area contributed by atoms with Crippen molar-refractivity contribution in [3.05, 3.63) is 4.91 Å². The van der Waals surface area contributed by atoms with Crippen molar-refractivity contribution in [3.8, 4) is 0 Å². The lowest BCUT2D eigenvalue weighted by atomic mass is 10.2. The summed E-state index contributed by atoms with van der Waals surface area (Å²) in [6.45, 7) is 5.90. The molecule has 12 heavy (non-hydrogen) atoms. The van der Waals surface area contributed by atoms with Gasteiger partial charge >= 0.3 is 0 Å². The van der Waals surface area contributed by atoms with Crippen LogP contribution in [-0.2, 0) is 0 Å². The Hall–Kier alpha value is -0.440. The molecule has 0 aromatic rings. The van der Waals surface area contributed by atoms with Crippen molar-refractivity contribution in [1.82, 2.24) is 5.32 Å². The van der Waals surface area contributed by atoms with E-state index in [1.54, 1.807) is 0 Å². The van der Waals surface area contributed by atoms with Crippen molar-refractivity contribution in [3.63, 3.8) is 0 Å². The lowest BCUT2D eigenvalue weighted by molar-refractivity contribution is 0.512. The van der Waals surface area contributed by atoms with Gasteiger partial charge in [0.2, 0.25) is 0 Å². The standard InChI is InChI=1S/C9H20N2O/c1-3-9(2)10-7-5-4-6-8-11-12/h9-10H,3-8H2,1-2H3. The van der Waals surface area contributed by atoms with Crippen molar-refractivity contribution in [2.75, 3.05) is 13.1 Å². The Morgan fingerprint density at radius 1 is 1.33 bits per heavy atom. The maximum atomic E-state index is 9.73. The van der Waals surface area contributed by atoms with E-state index in [0.717, 1.165) is 25.8 Å². The van der Waals surface area contributed by atoms with Gasteiger partial charge in [0.25, 0.3) is 0 Å². The fourth-order valence-electron chi connectivity index (χ4n) is 0.971. The summed E-state index contributed by atoms with van der Waals surface area (Å²) < 4.78 is 0. The second-order valence-electron chi connectivity index (χ2n) is 3.18. The van der Waals surface area contributed by atoms with E-state index in [0.29, 0.717) is 12.6 Å². The number of hydrogen-bond acceptors (Lipinski definition) is 3. The predicted molar refractivity (Wildman–Crippen MR) is 52.3 cm³/mol. The first kappa shape index (κ1) is 11.6. The molecule has 0 amide bonds. The van der Waals surface area contributed by atoms with E-state index in [1.165, 1.54) is 6.42 Å². The van der Waals surface area contributed by atoms with Crippen LogP contribution < -0.4 is 5.32 Å². The quantitative estimate of drug-likeness (QED) is 0.451. The number of hydrogen-bond donors (Lipinski definition) is 1. The van der Waals surface area contributed by atoms with Gasteiger partial charge < -0.3 is 5.32 Å². The monoisotopic (exact) mass is 172 g/mol. The second-order valence-corrected chi connectivity index (χ2v) is 3.18. The summed E-state index contributed by atoms with van der Waals surface area (Å²) in [6.07, 6.45) is 4.37. The molecule has 3 heteroatoms. The molecular weight excluding hydrogens is 152 g/mol. The first-order chi connectivity index (χ1) is 5.81. The molecule has 0 aliphatic carbocycles. The molecule has 0 aromatic carbocycles. The van der Waals surface area contributed by atoms with Crippen molar-refractivity contribution < 1.29 is 0 Å². The van der Waals surface area contributed by atoms with E-state index >= 15 is 0 Å². The molecule has 0 fully saturated rings. The molecule has 0 aliphatic heterocycles. The van der Waals surface area contributed by atoms with Crippen LogP contribution in [0.15, 0.2) is 5.18 Å². The Balaban J connectivity index is 2.95. The number of unbranched alkanes of at least 4 members (excludes halogenated alkanes) is 2. The maximum Gasteiger partial charge on any atom is 0.0811 e. The summed E-state index contributed by atoms with van der Waals surface area (Å²) in [5.41, 5.74) is 0. The van der Waals surface area contributed by atoms with Crippen LogP contribution in [0, 0.1) is 4.91 Å². The Morgan fingerprint density at radius 2 is 2.08 bits per heavy atom. The molecule has 0 spiro atoms. The molecule has 0 bridgehead atoms. The van der Waals surface area contributed by atoms with Crippen LogP contribution in [0.2, 0.25) is 0 Å². The normalized spacial score (nSPS) is 12.8. The molecule has 1 N–H and O–H groups in total. The third-order valence-electron chi connectivity index (χ3n) is 2.03. The summed E-state index contributed by atoms with van der Waals surface area (Å²) in [5.74, 6) is 0. The van der Waals surface area contributed by atoms with E-state index in [9.17, 15) is 4.91 Å². The van der Waals surface area contributed by atoms with Gasteiger partial charge in [0.15, 0.2) is 0 Å². The minimum atomic E-state index is 0.476. The molecule has 0 radical (unpaired) electrons. The highest BCUT2D eigenvalue weighted by Crippen LogP contribution is 1.95. The fraction of sp³-hybridized carbons (Fsp3) is 1.00. The van der Waals surface area contributed by atoms with Gasteiger partial charge in [-0.2, -0.15) is 4.91 Å². The van der Waals surface area contributed by atoms with Crippen LogP contribution in [0.3, 0.4) is 0 Å². The van der Waals surface area contributed by atoms with Gasteiger partial charge in [0.1, 0.15) is 0 Å². The third-order valence-corrected chi connectivity index (χ3v) is 2.03. The lowest BCUT2D eigenvalue weighted by Crippen LogP contribution is -2.25. The zero-order chi connectivity index (χ0) is 9.23. The number of rotatable bonds is 8. The fourth-order valence-corrected chi connectivity index (χ4v) is 0.971. The smallest absolute Gasteiger partial charge is 0.0811 e. The van der Waals surface area contributed by atoms with Crippen LogP contribution in [0.1, 0.15) is 39.5 Å². The minimum Gasteiger partial charge on any atom is -0.314 e. The number of nitroso groups, excluding NO2 is 1. The van der Waals surface area contributed by atoms with Crippen LogP contribution in [0.5, 0.6) is 0 Å². The molecule has 0 rings (SSSR count). The average Bonchev–Trinajstić information content (AvgIpc) is 2.10. The molecule has 0 heterocycles. The van der Waals surface area contributed by atoms with Crippen LogP contribution in [0.4, 0.5) is 0 Å². The van der Waals surface area contributed by atoms with E-state index in [1.807, 2.05) is 0 Å². The summed E-state index contributed by atoms with van der Waals surface area (Å²) in [6, 6.07) is 0.620. The minimum absolute atomic E-state index is 0.476. The molecule has 0 saturated heterocycles. The molecule has 0 aliphatic rings. The highest BCUT2D eigenvalue weighted by atomic mass is 16.3. The molecule has 3 nitrogen and oxygen atoms in total. The topological polar surface area (TPSA) is 41.5 Å². The van der Waals surface area contributed by atoms with E-state index < -0.39 is 0 Å². The Morgan fingerprint density at radius 3 is 2.67 bits per heavy atom. The number of nitrogens with one attached hydrogen (secondary N) is 1. The zero-order valence-corrected chi connectivity index (χ0v) is 8.18. The SMILES string of the molecule is CCC(C)NCCCCCN=O. The lowest BCUT2D eigenvalue weighted by Gasteiger charge is -2.09. The summed E-state index contributed by atoms with van der Waals surface area (Å²) >= 11 is 0. The summed E-state index contributed by atoms with van der Waals surface area (Å²) in [4.78, 5) is 9.73. The number of nitrogens with zero attached hydrogens (tertiary/aromatic N) is 1. The Bertz CT molecular complexity index is 107. The molecular formula is C9H20N2O. The summed E-state index contributed by atoms with van der Waals surface area (Å²) in [7, 11) is 0. The van der Waals surface area contributed by atoms with Gasteiger partial charge in [-0.25, -0.2) is 0 Å². The van der Waals surface area contributed by atoms with Gasteiger partial charge in [-0.3, -0.25) is 0 Å². The van der Waals surface area contributed by atoms with Crippen LogP contribution in [-0.4, -0.2) is 19.1 Å². The van der Waals surface area contributed by atoms with E-state index in [2.05, 4.69) is 24.3 Å². The van der Waals surface area contributed by atoms with Gasteiger partial charge in [-0.05, 0) is 32.7 Å². The molecule has 72 valence electrons. The van der Waals surface area contributed by atoms with Crippen LogP contribution >= 0.6 is 0 Å². The highest BCUT2D eigenvalue weighted by molar-refractivity contribution is 4.57. The highest BCUT2D eigenvalue weighted by Gasteiger charge is 1.95. The Labute approximate surface area is 74.9 Å². The van der Waals surface area contributed by atoms with Crippen molar-refractivity contribution >= 4 is 0 Å². The first-order valence-corrected chi connectivity index (χ1v) is 4.83. The largest absolute Gasteiger partial charge is 0.314 e. The first-order valence-electron chi connectivity index (χ1n) is 4.83. The third kappa shape index (κ3) is 7.66. The van der Waals surface area contributed by atoms with Crippen molar-refractivity contribution in [2.45, 2.75) is 45.6 Å². The molecule has 1 unspecified atom stereocenters. The van der Waals surface area contributed by atoms with E-state index in [4.69, 9.17) is 0 Å². The molecule has 0 aromatic heterocycles. The maximum absolute atomic E-state index is 9.73. The van der Waals surface area contributed by atoms with E-state index in [-0.39, 0.29) is 0 Å². The molecule has 1 atom stereocenters. The van der Waals surface area contributed by atoms with Gasteiger partial charge in [0.05, 0.1) is 6.54 Å². The van der Waals surface area contributed by atoms with Crippen LogP contribution in [0.25, 0.3) is 0 Å². The zero-order valence-electron chi connectivity index (χ0n) is 8.18. The van der Waals surface area contributed by atoms with Gasteiger partial charge in [0, 0.05) is 6.04 Å². The average molecular weight is 172 g/mol. The van der Waals surface area contributed by atoms with Crippen molar-refractivity contribution in [1.29, 1.82) is 0 Å². The van der Waals surface area contributed by atoms with Crippen molar-refractivity contribution in [2.24, 2.45) is 5.18 Å². The second kappa shape index (κ2) is 8.65. The predicted octanol–water partition coefficient (Wildman–Crippen LogP) is 2.31. The van der Waals surface area contributed by atoms with Gasteiger partial charge in [-0.1, -0.05) is 18.5 Å².